The number of hydrogen-bond acceptors (Lipinski definition) is 3. The molecule has 1 heterocycles. The van der Waals surface area contributed by atoms with Gasteiger partial charge in [-0.25, -0.2) is 4.90 Å². The molecule has 3 atom stereocenters. The summed E-state index contributed by atoms with van der Waals surface area (Å²) < 4.78 is 0.932. The minimum absolute atomic E-state index is 0.117. The van der Waals surface area contributed by atoms with Crippen LogP contribution in [-0.4, -0.2) is 23.9 Å². The zero-order valence-electron chi connectivity index (χ0n) is 12.7. The van der Waals surface area contributed by atoms with Gasteiger partial charge in [-0.15, -0.1) is 0 Å². The first kappa shape index (κ1) is 15.7. The van der Waals surface area contributed by atoms with E-state index < -0.39 is 0 Å². The quantitative estimate of drug-likeness (QED) is 0.837. The molecule has 118 valence electrons. The maximum Gasteiger partial charge on any atom is 0.251 e. The van der Waals surface area contributed by atoms with Crippen LogP contribution in [0.2, 0.25) is 0 Å². The zero-order chi connectivity index (χ0) is 15.7. The summed E-state index contributed by atoms with van der Waals surface area (Å²) in [6.07, 6.45) is 5.02. The standard InChI is InChI=1S/C17H21BrN2O2/c1-11-4-2-3-5-14(11)19-15-10-16(21)20(17(15)22)13-8-6-12(18)7-9-13/h6-9,11,14-15,19H,2-5,10H2,1H3. The first-order chi connectivity index (χ1) is 10.6. The molecule has 1 saturated heterocycles. The Bertz CT molecular complexity index is 573. The van der Waals surface area contributed by atoms with Crippen molar-refractivity contribution in [3.63, 3.8) is 0 Å². The van der Waals surface area contributed by atoms with Gasteiger partial charge in [0.25, 0.3) is 5.91 Å². The molecule has 0 spiro atoms. The van der Waals surface area contributed by atoms with Crippen molar-refractivity contribution in [2.45, 2.75) is 51.1 Å². The molecule has 1 aliphatic heterocycles. The molecular formula is C17H21BrN2O2. The molecule has 1 aliphatic carbocycles. The number of nitrogens with zero attached hydrogens (tertiary/aromatic N) is 1. The summed E-state index contributed by atoms with van der Waals surface area (Å²) >= 11 is 3.37. The third-order valence-electron chi connectivity index (χ3n) is 4.76. The van der Waals surface area contributed by atoms with E-state index in [4.69, 9.17) is 0 Å². The molecule has 4 nitrogen and oxygen atoms in total. The molecule has 0 bridgehead atoms. The van der Waals surface area contributed by atoms with Crippen molar-refractivity contribution in [3.8, 4) is 0 Å². The van der Waals surface area contributed by atoms with Crippen molar-refractivity contribution in [2.24, 2.45) is 5.92 Å². The number of benzene rings is 1. The first-order valence-corrected chi connectivity index (χ1v) is 8.74. The number of anilines is 1. The van der Waals surface area contributed by atoms with E-state index in [1.165, 1.54) is 24.2 Å². The van der Waals surface area contributed by atoms with Gasteiger partial charge in [-0.1, -0.05) is 35.7 Å². The Kier molecular flexibility index (Phi) is 4.64. The van der Waals surface area contributed by atoms with Crippen molar-refractivity contribution < 1.29 is 9.59 Å². The fourth-order valence-electron chi connectivity index (χ4n) is 3.45. The zero-order valence-corrected chi connectivity index (χ0v) is 14.3. The van der Waals surface area contributed by atoms with Crippen LogP contribution in [0.4, 0.5) is 5.69 Å². The molecule has 0 radical (unpaired) electrons. The van der Waals surface area contributed by atoms with Crippen molar-refractivity contribution in [2.75, 3.05) is 4.90 Å². The summed E-state index contributed by atoms with van der Waals surface area (Å²) in [6.45, 7) is 2.23. The van der Waals surface area contributed by atoms with E-state index >= 15 is 0 Å². The lowest BCUT2D eigenvalue weighted by molar-refractivity contribution is -0.121. The van der Waals surface area contributed by atoms with Crippen molar-refractivity contribution in [3.05, 3.63) is 28.7 Å². The number of hydrogen-bond donors (Lipinski definition) is 1. The Morgan fingerprint density at radius 2 is 1.82 bits per heavy atom. The van der Waals surface area contributed by atoms with E-state index in [0.717, 1.165) is 10.9 Å². The van der Waals surface area contributed by atoms with E-state index in [1.807, 2.05) is 12.1 Å². The third kappa shape index (κ3) is 3.10. The minimum atomic E-state index is -0.373. The van der Waals surface area contributed by atoms with Crippen molar-refractivity contribution >= 4 is 33.4 Å². The Balaban J connectivity index is 1.72. The topological polar surface area (TPSA) is 49.4 Å². The molecule has 22 heavy (non-hydrogen) atoms. The van der Waals surface area contributed by atoms with Gasteiger partial charge in [-0.3, -0.25) is 9.59 Å². The average molecular weight is 365 g/mol. The average Bonchev–Trinajstić information content (AvgIpc) is 2.77. The molecule has 1 saturated carbocycles. The molecule has 5 heteroatoms. The summed E-state index contributed by atoms with van der Waals surface area (Å²) in [7, 11) is 0. The Morgan fingerprint density at radius 1 is 1.14 bits per heavy atom. The van der Waals surface area contributed by atoms with Crippen LogP contribution in [0.15, 0.2) is 28.7 Å². The number of halogens is 1. The lowest BCUT2D eigenvalue weighted by Gasteiger charge is -2.31. The maximum absolute atomic E-state index is 12.6. The predicted molar refractivity (Wildman–Crippen MR) is 89.6 cm³/mol. The number of rotatable bonds is 3. The fraction of sp³-hybridized carbons (Fsp3) is 0.529. The molecule has 1 aromatic carbocycles. The van der Waals surface area contributed by atoms with Crippen LogP contribution < -0.4 is 10.2 Å². The summed E-state index contributed by atoms with van der Waals surface area (Å²) in [5, 5.41) is 3.44. The molecular weight excluding hydrogens is 344 g/mol. The SMILES string of the molecule is CC1CCCCC1NC1CC(=O)N(c2ccc(Br)cc2)C1=O. The maximum atomic E-state index is 12.6. The highest BCUT2D eigenvalue weighted by Crippen LogP contribution is 2.28. The molecule has 1 N–H and O–H groups in total. The fourth-order valence-corrected chi connectivity index (χ4v) is 3.71. The highest BCUT2D eigenvalue weighted by Gasteiger charge is 2.41. The summed E-state index contributed by atoms with van der Waals surface area (Å²) in [6, 6.07) is 7.26. The lowest BCUT2D eigenvalue weighted by Crippen LogP contribution is -2.47. The van der Waals surface area contributed by atoms with Gasteiger partial charge in [0.05, 0.1) is 18.2 Å². The van der Waals surface area contributed by atoms with Gasteiger partial charge in [0, 0.05) is 10.5 Å². The highest BCUT2D eigenvalue weighted by atomic mass is 79.9. The largest absolute Gasteiger partial charge is 0.302 e. The number of imide groups is 1. The summed E-state index contributed by atoms with van der Waals surface area (Å²) in [5.74, 6) is 0.330. The van der Waals surface area contributed by atoms with Gasteiger partial charge in [0.2, 0.25) is 5.91 Å². The first-order valence-electron chi connectivity index (χ1n) is 7.94. The highest BCUT2D eigenvalue weighted by molar-refractivity contribution is 9.10. The van der Waals surface area contributed by atoms with Crippen LogP contribution in [0, 0.1) is 5.92 Å². The van der Waals surface area contributed by atoms with Gasteiger partial charge >= 0.3 is 0 Å². The molecule has 2 fully saturated rings. The second-order valence-electron chi connectivity index (χ2n) is 6.34. The van der Waals surface area contributed by atoms with Crippen molar-refractivity contribution in [1.82, 2.24) is 5.32 Å². The van der Waals surface area contributed by atoms with Gasteiger partial charge in [0.15, 0.2) is 0 Å². The molecule has 2 amide bonds. The number of carbonyl (C=O) groups is 2. The third-order valence-corrected chi connectivity index (χ3v) is 5.29. The second-order valence-corrected chi connectivity index (χ2v) is 7.25. The Morgan fingerprint density at radius 3 is 2.50 bits per heavy atom. The van der Waals surface area contributed by atoms with E-state index in [2.05, 4.69) is 28.2 Å². The van der Waals surface area contributed by atoms with Crippen LogP contribution >= 0.6 is 15.9 Å². The van der Waals surface area contributed by atoms with E-state index in [-0.39, 0.29) is 24.3 Å². The van der Waals surface area contributed by atoms with Crippen molar-refractivity contribution in [1.29, 1.82) is 0 Å². The predicted octanol–water partition coefficient (Wildman–Crippen LogP) is 3.25. The monoisotopic (exact) mass is 364 g/mol. The second kappa shape index (κ2) is 6.50. The van der Waals surface area contributed by atoms with Crippen LogP contribution in [0.3, 0.4) is 0 Å². The Labute approximate surface area is 139 Å². The van der Waals surface area contributed by atoms with E-state index in [9.17, 15) is 9.59 Å². The van der Waals surface area contributed by atoms with Gasteiger partial charge < -0.3 is 5.32 Å². The minimum Gasteiger partial charge on any atom is -0.302 e. The number of nitrogens with one attached hydrogen (secondary N) is 1. The van der Waals surface area contributed by atoms with E-state index in [0.29, 0.717) is 17.6 Å². The smallest absolute Gasteiger partial charge is 0.251 e. The van der Waals surface area contributed by atoms with Crippen LogP contribution in [0.1, 0.15) is 39.0 Å². The number of carbonyl (C=O) groups excluding carboxylic acids is 2. The molecule has 3 unspecified atom stereocenters. The molecule has 3 rings (SSSR count). The molecule has 1 aromatic rings. The van der Waals surface area contributed by atoms with Crippen LogP contribution in [0.25, 0.3) is 0 Å². The van der Waals surface area contributed by atoms with Gasteiger partial charge in [-0.2, -0.15) is 0 Å². The number of amides is 2. The summed E-state index contributed by atoms with van der Waals surface area (Å²) in [5.41, 5.74) is 0.652. The van der Waals surface area contributed by atoms with Crippen LogP contribution in [-0.2, 0) is 9.59 Å². The molecule has 2 aliphatic rings. The molecule has 0 aromatic heterocycles. The summed E-state index contributed by atoms with van der Waals surface area (Å²) in [4.78, 5) is 26.2. The lowest BCUT2D eigenvalue weighted by atomic mass is 9.85. The van der Waals surface area contributed by atoms with E-state index in [1.54, 1.807) is 12.1 Å². The van der Waals surface area contributed by atoms with Crippen LogP contribution in [0.5, 0.6) is 0 Å². The van der Waals surface area contributed by atoms with Gasteiger partial charge in [-0.05, 0) is 43.0 Å². The normalized spacial score (nSPS) is 29.2. The Hall–Kier alpha value is -1.20. The van der Waals surface area contributed by atoms with Gasteiger partial charge in [0.1, 0.15) is 0 Å².